The van der Waals surface area contributed by atoms with Crippen molar-refractivity contribution in [3.05, 3.63) is 65.0 Å². The summed E-state index contributed by atoms with van der Waals surface area (Å²) in [6.07, 6.45) is 1.62. The SMILES string of the molecule is Cc1cc(F)ccc1CN1C(=O)N(c2ccc(C3CNNC3)cc2)CC12CCOCC2. The quantitative estimate of drug-likeness (QED) is 0.791. The van der Waals surface area contributed by atoms with Gasteiger partial charge in [0.1, 0.15) is 5.82 Å². The number of amides is 2. The summed E-state index contributed by atoms with van der Waals surface area (Å²) in [6.45, 7) is 6.17. The average Bonchev–Trinajstić information content (AvgIpc) is 3.40. The third-order valence-corrected chi connectivity index (χ3v) is 7.04. The second-order valence-corrected chi connectivity index (χ2v) is 8.91. The Kier molecular flexibility index (Phi) is 5.42. The van der Waals surface area contributed by atoms with Crippen LogP contribution in [0.1, 0.15) is 35.4 Å². The number of anilines is 1. The van der Waals surface area contributed by atoms with Crippen molar-refractivity contribution >= 4 is 11.7 Å². The molecule has 0 bridgehead atoms. The fourth-order valence-corrected chi connectivity index (χ4v) is 5.04. The summed E-state index contributed by atoms with van der Waals surface area (Å²) in [4.78, 5) is 17.5. The minimum absolute atomic E-state index is 0.0163. The second-order valence-electron chi connectivity index (χ2n) is 8.91. The number of nitrogens with zero attached hydrogens (tertiary/aromatic N) is 2. The fourth-order valence-electron chi connectivity index (χ4n) is 5.04. The summed E-state index contributed by atoms with van der Waals surface area (Å²) < 4.78 is 19.2. The highest BCUT2D eigenvalue weighted by Crippen LogP contribution is 2.39. The maximum absolute atomic E-state index is 13.6. The van der Waals surface area contributed by atoms with Gasteiger partial charge in [-0.3, -0.25) is 15.8 Å². The normalized spacial score (nSPS) is 21.4. The lowest BCUT2D eigenvalue weighted by Crippen LogP contribution is -2.50. The van der Waals surface area contributed by atoms with E-state index in [4.69, 9.17) is 4.74 Å². The van der Waals surface area contributed by atoms with E-state index in [0.29, 0.717) is 32.2 Å². The van der Waals surface area contributed by atoms with Crippen LogP contribution >= 0.6 is 0 Å². The minimum Gasteiger partial charge on any atom is -0.381 e. The largest absolute Gasteiger partial charge is 0.381 e. The Morgan fingerprint density at radius 1 is 1.10 bits per heavy atom. The van der Waals surface area contributed by atoms with Crippen molar-refractivity contribution in [1.29, 1.82) is 0 Å². The lowest BCUT2D eigenvalue weighted by atomic mass is 9.88. The second kappa shape index (κ2) is 8.22. The van der Waals surface area contributed by atoms with E-state index in [1.54, 1.807) is 6.07 Å². The van der Waals surface area contributed by atoms with Crippen LogP contribution in [0.3, 0.4) is 0 Å². The summed E-state index contributed by atoms with van der Waals surface area (Å²) in [7, 11) is 0. The third-order valence-electron chi connectivity index (χ3n) is 7.04. The Labute approximate surface area is 182 Å². The summed E-state index contributed by atoms with van der Waals surface area (Å²) >= 11 is 0. The number of hydrogen-bond donors (Lipinski definition) is 2. The van der Waals surface area contributed by atoms with Crippen molar-refractivity contribution in [3.63, 3.8) is 0 Å². The highest BCUT2D eigenvalue weighted by Gasteiger charge is 2.50. The van der Waals surface area contributed by atoms with Gasteiger partial charge in [-0.25, -0.2) is 9.18 Å². The number of carbonyl (C=O) groups is 1. The zero-order chi connectivity index (χ0) is 21.4. The van der Waals surface area contributed by atoms with Gasteiger partial charge in [0.25, 0.3) is 0 Å². The van der Waals surface area contributed by atoms with Crippen molar-refractivity contribution in [2.24, 2.45) is 0 Å². The first-order valence-corrected chi connectivity index (χ1v) is 11.0. The van der Waals surface area contributed by atoms with Gasteiger partial charge < -0.3 is 9.64 Å². The number of carbonyl (C=O) groups excluding carboxylic acids is 1. The average molecular weight is 425 g/mol. The van der Waals surface area contributed by atoms with Gasteiger partial charge in [-0.15, -0.1) is 0 Å². The number of hydrazine groups is 1. The van der Waals surface area contributed by atoms with Gasteiger partial charge in [-0.1, -0.05) is 18.2 Å². The number of benzene rings is 2. The molecule has 7 heteroatoms. The molecular weight excluding hydrogens is 395 g/mol. The van der Waals surface area contributed by atoms with Gasteiger partial charge in [0.05, 0.1) is 12.1 Å². The van der Waals surface area contributed by atoms with Crippen molar-refractivity contribution in [2.45, 2.75) is 37.8 Å². The van der Waals surface area contributed by atoms with Crippen LogP contribution in [0.15, 0.2) is 42.5 Å². The number of rotatable bonds is 4. The van der Waals surface area contributed by atoms with E-state index in [0.717, 1.165) is 42.7 Å². The van der Waals surface area contributed by atoms with Crippen molar-refractivity contribution in [2.75, 3.05) is 37.7 Å². The molecule has 0 saturated carbocycles. The molecule has 2 aromatic rings. The van der Waals surface area contributed by atoms with Gasteiger partial charge >= 0.3 is 6.03 Å². The predicted octanol–water partition coefficient (Wildman–Crippen LogP) is 3.32. The summed E-state index contributed by atoms with van der Waals surface area (Å²) in [5.41, 5.74) is 10.1. The number of hydrogen-bond acceptors (Lipinski definition) is 4. The van der Waals surface area contributed by atoms with Gasteiger partial charge in [0, 0.05) is 44.5 Å². The first kappa shape index (κ1) is 20.4. The maximum Gasteiger partial charge on any atom is 0.325 e. The smallest absolute Gasteiger partial charge is 0.325 e. The number of halogens is 1. The molecule has 6 nitrogen and oxygen atoms in total. The van der Waals surface area contributed by atoms with Crippen molar-refractivity contribution in [3.8, 4) is 0 Å². The van der Waals surface area contributed by atoms with Crippen LogP contribution < -0.4 is 15.8 Å². The summed E-state index contributed by atoms with van der Waals surface area (Å²) in [6, 6.07) is 13.2. The molecule has 0 radical (unpaired) electrons. The Hall–Kier alpha value is -2.48. The first-order valence-electron chi connectivity index (χ1n) is 11.0. The predicted molar refractivity (Wildman–Crippen MR) is 117 cm³/mol. The molecule has 3 saturated heterocycles. The summed E-state index contributed by atoms with van der Waals surface area (Å²) in [5.74, 6) is 0.201. The fraction of sp³-hybridized carbons (Fsp3) is 0.458. The molecule has 0 unspecified atom stereocenters. The molecule has 2 N–H and O–H groups in total. The molecule has 3 fully saturated rings. The minimum atomic E-state index is -0.256. The molecule has 0 atom stereocenters. The highest BCUT2D eigenvalue weighted by molar-refractivity contribution is 5.95. The third kappa shape index (κ3) is 3.82. The molecule has 3 aliphatic rings. The van der Waals surface area contributed by atoms with E-state index in [2.05, 4.69) is 35.1 Å². The van der Waals surface area contributed by atoms with Crippen LogP contribution in [0.2, 0.25) is 0 Å². The van der Waals surface area contributed by atoms with Gasteiger partial charge in [-0.05, 0) is 60.7 Å². The van der Waals surface area contributed by atoms with Crippen LogP contribution in [0.5, 0.6) is 0 Å². The number of aryl methyl sites for hydroxylation is 1. The van der Waals surface area contributed by atoms with E-state index < -0.39 is 0 Å². The molecule has 3 heterocycles. The topological polar surface area (TPSA) is 56.8 Å². The molecular formula is C24H29FN4O2. The first-order chi connectivity index (χ1) is 15.1. The zero-order valence-corrected chi connectivity index (χ0v) is 17.9. The molecule has 0 aromatic heterocycles. The molecule has 2 amide bonds. The molecule has 5 rings (SSSR count). The van der Waals surface area contributed by atoms with Crippen LogP contribution in [-0.2, 0) is 11.3 Å². The lowest BCUT2D eigenvalue weighted by molar-refractivity contribution is 0.00606. The lowest BCUT2D eigenvalue weighted by Gasteiger charge is -2.40. The molecule has 164 valence electrons. The zero-order valence-electron chi connectivity index (χ0n) is 17.9. The van der Waals surface area contributed by atoms with Crippen LogP contribution in [0.25, 0.3) is 0 Å². The molecule has 3 aliphatic heterocycles. The van der Waals surface area contributed by atoms with E-state index in [1.807, 2.05) is 16.7 Å². The molecule has 1 spiro atoms. The number of nitrogens with one attached hydrogen (secondary N) is 2. The number of urea groups is 1. The standard InChI is InChI=1S/C24H29FN4O2/c1-17-12-21(25)5-2-19(17)15-29-23(30)28(16-24(29)8-10-31-11-9-24)22-6-3-18(4-7-22)20-13-26-27-14-20/h2-7,12,20,26-27H,8-11,13-16H2,1H3. The monoisotopic (exact) mass is 424 g/mol. The van der Waals surface area contributed by atoms with Gasteiger partial charge in [0.15, 0.2) is 0 Å². The Balaban J connectivity index is 1.42. The van der Waals surface area contributed by atoms with E-state index >= 15 is 0 Å². The van der Waals surface area contributed by atoms with Gasteiger partial charge in [0.2, 0.25) is 0 Å². The Morgan fingerprint density at radius 3 is 2.48 bits per heavy atom. The molecule has 0 aliphatic carbocycles. The maximum atomic E-state index is 13.6. The Bertz CT molecular complexity index is 953. The van der Waals surface area contributed by atoms with Crippen LogP contribution in [-0.4, -0.2) is 49.3 Å². The molecule has 31 heavy (non-hydrogen) atoms. The van der Waals surface area contributed by atoms with Crippen LogP contribution in [0, 0.1) is 12.7 Å². The molecule has 2 aromatic carbocycles. The van der Waals surface area contributed by atoms with E-state index in [9.17, 15) is 9.18 Å². The van der Waals surface area contributed by atoms with Crippen molar-refractivity contribution < 1.29 is 13.9 Å². The van der Waals surface area contributed by atoms with E-state index in [1.165, 1.54) is 17.7 Å². The van der Waals surface area contributed by atoms with E-state index in [-0.39, 0.29) is 17.4 Å². The summed E-state index contributed by atoms with van der Waals surface area (Å²) in [5, 5.41) is 0. The number of ether oxygens (including phenoxy) is 1. The van der Waals surface area contributed by atoms with Gasteiger partial charge in [-0.2, -0.15) is 0 Å². The van der Waals surface area contributed by atoms with Crippen molar-refractivity contribution in [1.82, 2.24) is 15.8 Å². The Morgan fingerprint density at radius 2 is 1.81 bits per heavy atom. The highest BCUT2D eigenvalue weighted by atomic mass is 19.1. The van der Waals surface area contributed by atoms with Crippen LogP contribution in [0.4, 0.5) is 14.9 Å².